The Kier molecular flexibility index (Phi) is 16.3. The molecule has 2 atom stereocenters. The van der Waals surface area contributed by atoms with E-state index in [1.807, 2.05) is 52.0 Å². The Morgan fingerprint density at radius 1 is 0.573 bits per heavy atom. The molecule has 22 nitrogen and oxygen atoms in total. The number of imidazole rings is 2. The highest BCUT2D eigenvalue weighted by Crippen LogP contribution is 2.47. The van der Waals surface area contributed by atoms with E-state index in [1.54, 1.807) is 50.5 Å². The maximum Gasteiger partial charge on any atom is 0.494 e. The zero-order chi connectivity index (χ0) is 59.6. The first-order chi connectivity index (χ1) is 38.3. The summed E-state index contributed by atoms with van der Waals surface area (Å²) in [7, 11) is -9.95. The lowest BCUT2D eigenvalue weighted by atomic mass is 9.78. The molecule has 0 spiro atoms. The topological polar surface area (TPSA) is 307 Å². The summed E-state index contributed by atoms with van der Waals surface area (Å²) in [5.41, 5.74) is 11.7. The second-order valence-electron chi connectivity index (χ2n) is 20.5. The number of fused-ring (bicyclic) bond motifs is 2. The first-order valence-corrected chi connectivity index (χ1v) is 29.5. The number of nitrogens with zero attached hydrogens (tertiary/aromatic N) is 10. The van der Waals surface area contributed by atoms with E-state index < -0.39 is 71.5 Å². The SMILES string of the molecule is CC1(C)OB(c2ccc(C[C@]3(C)C(=O)N(c4cc(Cl)cc(Cl)c4)c4ncc(S(=O)(=O)O)n43)cc2)OC1(C)C.C[C@@]1(Cc2ccc(-c3cncnc3N)cc2)C(=O)N(c2cc(Cl)cc(Cl)c2)c2ncc(S(=O)(=O)O)n21.Nc1ncncc1Br. The van der Waals surface area contributed by atoms with E-state index >= 15 is 0 Å². The summed E-state index contributed by atoms with van der Waals surface area (Å²) in [6, 6.07) is 23.7. The van der Waals surface area contributed by atoms with Crippen LogP contribution >= 0.6 is 62.3 Å². The van der Waals surface area contributed by atoms with Gasteiger partial charge in [0.2, 0.25) is 11.9 Å². The molecule has 3 aliphatic rings. The second kappa shape index (κ2) is 22.2. The van der Waals surface area contributed by atoms with Gasteiger partial charge in [-0.15, -0.1) is 0 Å². The quantitative estimate of drug-likeness (QED) is 0.0732. The van der Waals surface area contributed by atoms with E-state index in [9.17, 15) is 35.5 Å². The molecule has 3 aliphatic heterocycles. The third-order valence-electron chi connectivity index (χ3n) is 14.2. The van der Waals surface area contributed by atoms with E-state index in [0.717, 1.165) is 39.0 Å². The van der Waals surface area contributed by atoms with Crippen molar-refractivity contribution in [1.29, 1.82) is 0 Å². The number of rotatable bonds is 10. The summed E-state index contributed by atoms with van der Waals surface area (Å²) < 4.78 is 84.1. The molecule has 4 aromatic carbocycles. The van der Waals surface area contributed by atoms with E-state index in [0.29, 0.717) is 38.6 Å². The standard InChI is InChI=1S/C25H26BCl2N3O6S.C23H18Cl2N6O4S.C4H4BrN3/c1-23(2)24(3,4)37-26(36-23)16-8-6-15(7-9-16)13-25(5)21(32)30(19-11-17(27)10-18(28)12-19)22-29-14-20(31(22)25)38(33,34)35;1-23(9-13-2-4-14(5-3-13)18-10-27-12-29-20(18)26)21(32)30(17-7-15(24)6-16(25)8-17)22-28-11-19(31(22)23)36(33,34)35;5-3-1-7-2-8-4(3)6/h6-12,14H,13H2,1-5H3,(H,33,34,35);2-8,10-12H,9H2,1H3,(H2,26,27,29)(H,33,34,35);1-2H,(H2,6,7,8)/t25-;23-;/m11./s1. The summed E-state index contributed by atoms with van der Waals surface area (Å²) in [4.78, 5) is 54.0. The van der Waals surface area contributed by atoms with Crippen LogP contribution in [0.15, 0.2) is 137 Å². The van der Waals surface area contributed by atoms with Crippen LogP contribution in [-0.4, -0.2) is 95.1 Å². The van der Waals surface area contributed by atoms with Crippen molar-refractivity contribution in [2.24, 2.45) is 0 Å². The number of halogens is 5. The molecule has 82 heavy (non-hydrogen) atoms. The Morgan fingerprint density at radius 3 is 1.33 bits per heavy atom. The zero-order valence-electron chi connectivity index (χ0n) is 44.0. The van der Waals surface area contributed by atoms with E-state index in [1.165, 1.54) is 68.0 Å². The monoisotopic (exact) mass is 1290 g/mol. The van der Waals surface area contributed by atoms with Gasteiger partial charge in [-0.1, -0.05) is 94.9 Å². The first-order valence-electron chi connectivity index (χ1n) is 24.4. The van der Waals surface area contributed by atoms with Crippen molar-refractivity contribution < 1.29 is 44.8 Å². The fraction of sp³-hybridized carbons (Fsp3) is 0.231. The number of hydrogen-bond acceptors (Lipinski definition) is 16. The van der Waals surface area contributed by atoms with Gasteiger partial charge in [-0.25, -0.2) is 39.7 Å². The van der Waals surface area contributed by atoms with Crippen molar-refractivity contribution in [3.05, 3.63) is 158 Å². The average molecular weight is 1300 g/mol. The molecule has 6 N–H and O–H groups in total. The van der Waals surface area contributed by atoms with Crippen LogP contribution in [0.5, 0.6) is 0 Å². The van der Waals surface area contributed by atoms with Crippen LogP contribution in [0.1, 0.15) is 52.7 Å². The van der Waals surface area contributed by atoms with Crippen LogP contribution in [0.2, 0.25) is 20.1 Å². The van der Waals surface area contributed by atoms with Crippen LogP contribution in [0.25, 0.3) is 11.1 Å². The fourth-order valence-corrected chi connectivity index (χ4v) is 12.1. The average Bonchev–Trinajstić information content (AvgIpc) is 2.72. The second-order valence-corrected chi connectivity index (χ2v) is 25.8. The fourth-order valence-electron chi connectivity index (χ4n) is 9.48. The third kappa shape index (κ3) is 11.6. The van der Waals surface area contributed by atoms with Gasteiger partial charge in [-0.05, 0) is 116 Å². The molecule has 11 rings (SSSR count). The van der Waals surface area contributed by atoms with Crippen LogP contribution in [-0.2, 0) is 63.1 Å². The number of anilines is 6. The molecule has 0 saturated carbocycles. The number of amides is 2. The van der Waals surface area contributed by atoms with Crippen LogP contribution in [0.4, 0.5) is 34.9 Å². The summed E-state index contributed by atoms with van der Waals surface area (Å²) >= 11 is 27.8. The molecular formula is C52H48BBrCl4N12O10S2. The van der Waals surface area contributed by atoms with Crippen molar-refractivity contribution in [3.8, 4) is 11.1 Å². The van der Waals surface area contributed by atoms with Crippen LogP contribution < -0.4 is 26.7 Å². The van der Waals surface area contributed by atoms with Crippen molar-refractivity contribution in [1.82, 2.24) is 39.0 Å². The summed E-state index contributed by atoms with van der Waals surface area (Å²) in [5, 5.41) is 0.154. The Bertz CT molecular complexity index is 3990. The van der Waals surface area contributed by atoms with E-state index in [4.69, 9.17) is 67.2 Å². The zero-order valence-corrected chi connectivity index (χ0v) is 50.3. The number of nitrogens with two attached hydrogens (primary N) is 2. The van der Waals surface area contributed by atoms with Crippen molar-refractivity contribution in [2.45, 2.75) is 86.7 Å². The van der Waals surface area contributed by atoms with Gasteiger partial charge < -0.3 is 20.8 Å². The third-order valence-corrected chi connectivity index (χ3v) is 17.3. The van der Waals surface area contributed by atoms with Gasteiger partial charge >= 0.3 is 27.4 Å². The molecule has 7 heterocycles. The van der Waals surface area contributed by atoms with Gasteiger partial charge in [0.25, 0.3) is 11.8 Å². The van der Waals surface area contributed by atoms with E-state index in [-0.39, 0.29) is 34.8 Å². The molecule has 0 radical (unpaired) electrons. The van der Waals surface area contributed by atoms with Crippen LogP contribution in [0.3, 0.4) is 0 Å². The molecule has 30 heteroatoms. The number of aromatic nitrogens is 8. The van der Waals surface area contributed by atoms with Gasteiger partial charge in [0.05, 0.1) is 39.4 Å². The van der Waals surface area contributed by atoms with Gasteiger partial charge in [-0.2, -0.15) is 16.8 Å². The molecule has 0 aliphatic carbocycles. The maximum atomic E-state index is 13.9. The highest BCUT2D eigenvalue weighted by molar-refractivity contribution is 9.10. The molecule has 0 unspecified atom stereocenters. The Hall–Kier alpha value is -6.56. The Morgan fingerprint density at radius 2 is 0.963 bits per heavy atom. The lowest BCUT2D eigenvalue weighted by Gasteiger charge is -2.32. The predicted octanol–water partition coefficient (Wildman–Crippen LogP) is 9.31. The largest absolute Gasteiger partial charge is 0.494 e. The predicted molar refractivity (Wildman–Crippen MR) is 314 cm³/mol. The maximum absolute atomic E-state index is 13.9. The van der Waals surface area contributed by atoms with Gasteiger partial charge in [0.15, 0.2) is 10.1 Å². The lowest BCUT2D eigenvalue weighted by molar-refractivity contribution is -0.124. The van der Waals surface area contributed by atoms with Gasteiger partial charge in [-0.3, -0.25) is 27.8 Å². The highest BCUT2D eigenvalue weighted by atomic mass is 79.9. The molecule has 0 bridgehead atoms. The highest BCUT2D eigenvalue weighted by Gasteiger charge is 2.54. The normalized spacial score (nSPS) is 18.9. The molecule has 1 saturated heterocycles. The number of benzene rings is 4. The molecule has 8 aromatic rings. The molecule has 2 amide bonds. The number of carbonyl (C=O) groups is 2. The Balaban J connectivity index is 0.000000174. The lowest BCUT2D eigenvalue weighted by Crippen LogP contribution is -2.42. The summed E-state index contributed by atoms with van der Waals surface area (Å²) in [6.07, 6.45) is 8.18. The summed E-state index contributed by atoms with van der Waals surface area (Å²) in [6.45, 7) is 11.1. The van der Waals surface area contributed by atoms with E-state index in [2.05, 4.69) is 45.8 Å². The molecule has 4 aromatic heterocycles. The number of nitrogen functional groups attached to an aromatic ring is 2. The first kappa shape index (κ1) is 60.0. The van der Waals surface area contributed by atoms with Crippen LogP contribution in [0, 0.1) is 0 Å². The minimum atomic E-state index is -4.70. The molecule has 426 valence electrons. The number of hydrogen-bond donors (Lipinski definition) is 4. The van der Waals surface area contributed by atoms with Gasteiger partial charge in [0.1, 0.15) is 35.4 Å². The van der Waals surface area contributed by atoms with Gasteiger partial charge in [0, 0.05) is 50.9 Å². The van der Waals surface area contributed by atoms with Crippen molar-refractivity contribution in [2.75, 3.05) is 21.3 Å². The minimum absolute atomic E-state index is 0.0132. The van der Waals surface area contributed by atoms with Crippen molar-refractivity contribution in [3.63, 3.8) is 0 Å². The number of carbonyl (C=O) groups excluding carboxylic acids is 2. The Labute approximate surface area is 499 Å². The summed E-state index contributed by atoms with van der Waals surface area (Å²) in [5.74, 6) is -0.0959. The molecular weight excluding hydrogens is 1250 g/mol. The van der Waals surface area contributed by atoms with Crippen molar-refractivity contribution >= 4 is 142 Å². The molecule has 1 fully saturated rings. The smallest absolute Gasteiger partial charge is 0.399 e. The minimum Gasteiger partial charge on any atom is -0.399 e.